The molecule has 3 rings (SSSR count). The highest BCUT2D eigenvalue weighted by Crippen LogP contribution is 2.20. The molecule has 1 aromatic heterocycles. The van der Waals surface area contributed by atoms with Crippen LogP contribution in [0.25, 0.3) is 0 Å². The molecule has 0 N–H and O–H groups in total. The SMILES string of the molecule is O=C(OCc1ccccc1)N1CCc2ccc(Cl)nc2C1. The highest BCUT2D eigenvalue weighted by molar-refractivity contribution is 6.29. The minimum absolute atomic E-state index is 0.284. The molecule has 0 unspecified atom stereocenters. The van der Waals surface area contributed by atoms with Crippen LogP contribution in [0.3, 0.4) is 0 Å². The Kier molecular flexibility index (Phi) is 4.06. The summed E-state index contributed by atoms with van der Waals surface area (Å²) in [5.41, 5.74) is 2.97. The Balaban J connectivity index is 1.61. The van der Waals surface area contributed by atoms with Gasteiger partial charge >= 0.3 is 6.09 Å². The summed E-state index contributed by atoms with van der Waals surface area (Å²) in [6.45, 7) is 1.37. The molecule has 0 bridgehead atoms. The summed E-state index contributed by atoms with van der Waals surface area (Å²) < 4.78 is 5.34. The lowest BCUT2D eigenvalue weighted by molar-refractivity contribution is 0.0913. The van der Waals surface area contributed by atoms with Gasteiger partial charge in [0.15, 0.2) is 0 Å². The van der Waals surface area contributed by atoms with E-state index in [-0.39, 0.29) is 12.7 Å². The molecule has 0 saturated heterocycles. The third kappa shape index (κ3) is 3.34. The molecule has 2 aromatic rings. The summed E-state index contributed by atoms with van der Waals surface area (Å²) >= 11 is 5.90. The number of rotatable bonds is 2. The first kappa shape index (κ1) is 13.9. The number of nitrogens with zero attached hydrogens (tertiary/aromatic N) is 2. The van der Waals surface area contributed by atoms with E-state index in [1.165, 1.54) is 0 Å². The van der Waals surface area contributed by atoms with Crippen LogP contribution in [0.2, 0.25) is 5.15 Å². The van der Waals surface area contributed by atoms with Crippen molar-refractivity contribution < 1.29 is 9.53 Å². The van der Waals surface area contributed by atoms with Crippen molar-refractivity contribution in [1.29, 1.82) is 0 Å². The van der Waals surface area contributed by atoms with Crippen molar-refractivity contribution >= 4 is 17.7 Å². The zero-order valence-electron chi connectivity index (χ0n) is 11.5. The van der Waals surface area contributed by atoms with Crippen LogP contribution < -0.4 is 0 Å². The van der Waals surface area contributed by atoms with Gasteiger partial charge in [0.2, 0.25) is 0 Å². The van der Waals surface area contributed by atoms with Gasteiger partial charge in [-0.25, -0.2) is 9.78 Å². The Bertz CT molecular complexity index is 646. The second kappa shape index (κ2) is 6.14. The number of benzene rings is 1. The van der Waals surface area contributed by atoms with Gasteiger partial charge in [-0.15, -0.1) is 0 Å². The lowest BCUT2D eigenvalue weighted by Gasteiger charge is -2.27. The lowest BCUT2D eigenvalue weighted by atomic mass is 10.1. The van der Waals surface area contributed by atoms with Gasteiger partial charge in [-0.3, -0.25) is 0 Å². The van der Waals surface area contributed by atoms with Crippen LogP contribution in [-0.2, 0) is 24.3 Å². The van der Waals surface area contributed by atoms with E-state index in [1.54, 1.807) is 11.0 Å². The Morgan fingerprint density at radius 1 is 1.24 bits per heavy atom. The van der Waals surface area contributed by atoms with Gasteiger partial charge in [-0.1, -0.05) is 48.0 Å². The molecule has 108 valence electrons. The van der Waals surface area contributed by atoms with Crippen molar-refractivity contribution in [3.63, 3.8) is 0 Å². The summed E-state index contributed by atoms with van der Waals surface area (Å²) in [4.78, 5) is 18.1. The number of pyridine rings is 1. The Morgan fingerprint density at radius 3 is 2.86 bits per heavy atom. The monoisotopic (exact) mass is 302 g/mol. The lowest BCUT2D eigenvalue weighted by Crippen LogP contribution is -2.36. The molecule has 21 heavy (non-hydrogen) atoms. The van der Waals surface area contributed by atoms with E-state index in [0.29, 0.717) is 18.2 Å². The predicted molar refractivity (Wildman–Crippen MR) is 80.0 cm³/mol. The van der Waals surface area contributed by atoms with Crippen LogP contribution in [0.1, 0.15) is 16.8 Å². The largest absolute Gasteiger partial charge is 0.445 e. The maximum absolute atomic E-state index is 12.1. The Morgan fingerprint density at radius 2 is 2.05 bits per heavy atom. The van der Waals surface area contributed by atoms with Crippen molar-refractivity contribution in [1.82, 2.24) is 9.88 Å². The normalized spacial score (nSPS) is 13.7. The van der Waals surface area contributed by atoms with E-state index in [2.05, 4.69) is 4.98 Å². The molecule has 5 heteroatoms. The Hall–Kier alpha value is -2.07. The molecule has 0 spiro atoms. The first-order chi connectivity index (χ1) is 10.2. The van der Waals surface area contributed by atoms with E-state index in [1.807, 2.05) is 36.4 Å². The van der Waals surface area contributed by atoms with E-state index in [4.69, 9.17) is 16.3 Å². The number of carbonyl (C=O) groups is 1. The van der Waals surface area contributed by atoms with Crippen LogP contribution >= 0.6 is 11.6 Å². The number of hydrogen-bond acceptors (Lipinski definition) is 3. The van der Waals surface area contributed by atoms with Crippen molar-refractivity contribution in [3.05, 3.63) is 64.4 Å². The molecule has 0 aliphatic carbocycles. The van der Waals surface area contributed by atoms with Gasteiger partial charge in [-0.05, 0) is 23.6 Å². The fourth-order valence-corrected chi connectivity index (χ4v) is 2.51. The van der Waals surface area contributed by atoms with E-state index < -0.39 is 0 Å². The van der Waals surface area contributed by atoms with Gasteiger partial charge in [-0.2, -0.15) is 0 Å². The van der Waals surface area contributed by atoms with Gasteiger partial charge < -0.3 is 9.64 Å². The van der Waals surface area contributed by atoms with Gasteiger partial charge in [0.1, 0.15) is 11.8 Å². The average molecular weight is 303 g/mol. The van der Waals surface area contributed by atoms with Crippen LogP contribution in [0, 0.1) is 0 Å². The van der Waals surface area contributed by atoms with E-state index in [9.17, 15) is 4.79 Å². The summed E-state index contributed by atoms with van der Waals surface area (Å²) in [6.07, 6.45) is 0.464. The minimum atomic E-state index is -0.314. The molecule has 0 fully saturated rings. The maximum Gasteiger partial charge on any atom is 0.410 e. The maximum atomic E-state index is 12.1. The molecule has 2 heterocycles. The fraction of sp³-hybridized carbons (Fsp3) is 0.250. The predicted octanol–water partition coefficient (Wildman–Crippen LogP) is 3.43. The van der Waals surface area contributed by atoms with Crippen LogP contribution in [0.5, 0.6) is 0 Å². The minimum Gasteiger partial charge on any atom is -0.445 e. The third-order valence-electron chi connectivity index (χ3n) is 3.49. The number of carbonyl (C=O) groups excluding carboxylic acids is 1. The summed E-state index contributed by atoms with van der Waals surface area (Å²) in [5, 5.41) is 0.452. The molecular weight excluding hydrogens is 288 g/mol. The first-order valence-electron chi connectivity index (χ1n) is 6.82. The Labute approximate surface area is 128 Å². The molecular formula is C16H15ClN2O2. The molecule has 4 nitrogen and oxygen atoms in total. The van der Waals surface area contributed by atoms with Crippen molar-refractivity contribution in [2.45, 2.75) is 19.6 Å². The van der Waals surface area contributed by atoms with Gasteiger partial charge in [0.05, 0.1) is 12.2 Å². The standard InChI is InChI=1S/C16H15ClN2O2/c17-15-7-6-13-8-9-19(10-14(13)18-15)16(20)21-11-12-4-2-1-3-5-12/h1-7H,8-11H2. The topological polar surface area (TPSA) is 42.4 Å². The summed E-state index contributed by atoms with van der Waals surface area (Å²) in [6, 6.07) is 13.4. The number of hydrogen-bond donors (Lipinski definition) is 0. The zero-order chi connectivity index (χ0) is 14.7. The van der Waals surface area contributed by atoms with Gasteiger partial charge in [0, 0.05) is 6.54 Å². The quantitative estimate of drug-likeness (QED) is 0.798. The second-order valence-corrected chi connectivity index (χ2v) is 5.34. The molecule has 1 aromatic carbocycles. The third-order valence-corrected chi connectivity index (χ3v) is 3.70. The highest BCUT2D eigenvalue weighted by atomic mass is 35.5. The van der Waals surface area contributed by atoms with Crippen molar-refractivity contribution in [2.24, 2.45) is 0 Å². The molecule has 1 aliphatic rings. The van der Waals surface area contributed by atoms with Gasteiger partial charge in [0.25, 0.3) is 0 Å². The van der Waals surface area contributed by atoms with Crippen LogP contribution in [0.15, 0.2) is 42.5 Å². The fourth-order valence-electron chi connectivity index (χ4n) is 2.35. The van der Waals surface area contributed by atoms with Crippen molar-refractivity contribution in [2.75, 3.05) is 6.54 Å². The number of aromatic nitrogens is 1. The highest BCUT2D eigenvalue weighted by Gasteiger charge is 2.22. The molecule has 0 saturated carbocycles. The molecule has 1 aliphatic heterocycles. The number of halogens is 1. The number of fused-ring (bicyclic) bond motifs is 1. The van der Waals surface area contributed by atoms with Crippen LogP contribution in [0.4, 0.5) is 4.79 Å². The van der Waals surface area contributed by atoms with E-state index >= 15 is 0 Å². The molecule has 1 amide bonds. The zero-order valence-corrected chi connectivity index (χ0v) is 12.2. The number of amides is 1. The average Bonchev–Trinajstić information content (AvgIpc) is 2.53. The number of ether oxygens (including phenoxy) is 1. The first-order valence-corrected chi connectivity index (χ1v) is 7.20. The van der Waals surface area contributed by atoms with E-state index in [0.717, 1.165) is 23.2 Å². The van der Waals surface area contributed by atoms with Crippen molar-refractivity contribution in [3.8, 4) is 0 Å². The second-order valence-electron chi connectivity index (χ2n) is 4.95. The van der Waals surface area contributed by atoms with Crippen LogP contribution in [-0.4, -0.2) is 22.5 Å². The molecule has 0 atom stereocenters. The summed E-state index contributed by atoms with van der Waals surface area (Å²) in [5.74, 6) is 0. The summed E-state index contributed by atoms with van der Waals surface area (Å²) in [7, 11) is 0. The smallest absolute Gasteiger partial charge is 0.410 e. The molecule has 0 radical (unpaired) electrons.